The van der Waals surface area contributed by atoms with E-state index in [9.17, 15) is 20.2 Å². The first-order chi connectivity index (χ1) is 10.0. The first-order valence-electron chi connectivity index (χ1n) is 5.86. The van der Waals surface area contributed by atoms with Crippen LogP contribution in [0, 0.1) is 20.2 Å². The lowest BCUT2D eigenvalue weighted by molar-refractivity contribution is -0.712. The number of nitrogens with zero attached hydrogens (tertiary/aromatic N) is 2. The summed E-state index contributed by atoms with van der Waals surface area (Å²) < 4.78 is 0. The minimum Gasteiger partial charge on any atom is -0.276 e. The van der Waals surface area contributed by atoms with Gasteiger partial charge in [-0.1, -0.05) is 30.3 Å². The van der Waals surface area contributed by atoms with E-state index in [0.29, 0.717) is 12.0 Å². The summed E-state index contributed by atoms with van der Waals surface area (Å²) in [5.41, 5.74) is 1.29. The summed E-state index contributed by atoms with van der Waals surface area (Å²) in [5, 5.41) is 18.9. The van der Waals surface area contributed by atoms with Crippen LogP contribution in [0.4, 0.5) is 0 Å². The second kappa shape index (κ2) is 6.33. The molecule has 0 bridgehead atoms. The highest BCUT2D eigenvalue weighted by molar-refractivity contribution is 5.42. The zero-order chi connectivity index (χ0) is 15.2. The number of rotatable bonds is 6. The molecule has 0 saturated heterocycles. The fourth-order valence-corrected chi connectivity index (χ4v) is 1.82. The quantitative estimate of drug-likeness (QED) is 0.597. The van der Waals surface area contributed by atoms with E-state index >= 15 is 0 Å². The molecule has 0 unspecified atom stereocenters. The van der Waals surface area contributed by atoms with Crippen LogP contribution in [0.2, 0.25) is 0 Å². The van der Waals surface area contributed by atoms with E-state index in [1.54, 1.807) is 0 Å². The van der Waals surface area contributed by atoms with E-state index in [1.807, 2.05) is 30.3 Å². The van der Waals surface area contributed by atoms with E-state index < -0.39 is 10.2 Å². The van der Waals surface area contributed by atoms with Crippen LogP contribution < -0.4 is 9.68 Å². The van der Waals surface area contributed by atoms with Crippen LogP contribution in [-0.2, 0) is 6.42 Å². The van der Waals surface area contributed by atoms with Crippen LogP contribution in [0.3, 0.4) is 0 Å². The van der Waals surface area contributed by atoms with Crippen LogP contribution in [0.5, 0.6) is 11.5 Å². The second-order valence-electron chi connectivity index (χ2n) is 4.06. The van der Waals surface area contributed by atoms with Crippen molar-refractivity contribution >= 4 is 0 Å². The molecular formula is C13H10N2O6. The van der Waals surface area contributed by atoms with Gasteiger partial charge in [0.1, 0.15) is 11.5 Å². The van der Waals surface area contributed by atoms with Crippen molar-refractivity contribution in [2.45, 2.75) is 6.42 Å². The molecule has 0 amide bonds. The average molecular weight is 290 g/mol. The Bertz CT molecular complexity index is 659. The van der Waals surface area contributed by atoms with E-state index in [4.69, 9.17) is 0 Å². The lowest BCUT2D eigenvalue weighted by Crippen LogP contribution is -2.08. The molecule has 0 aliphatic heterocycles. The largest absolute Gasteiger partial charge is 0.299 e. The molecule has 2 aromatic rings. The van der Waals surface area contributed by atoms with Crippen molar-refractivity contribution in [3.05, 3.63) is 79.9 Å². The monoisotopic (exact) mass is 290 g/mol. The summed E-state index contributed by atoms with van der Waals surface area (Å²) in [6.07, 6.45) is 0.318. The van der Waals surface area contributed by atoms with Gasteiger partial charge in [-0.25, -0.2) is 0 Å². The van der Waals surface area contributed by atoms with Gasteiger partial charge < -0.3 is 0 Å². The first kappa shape index (κ1) is 14.3. The van der Waals surface area contributed by atoms with E-state index in [2.05, 4.69) is 9.68 Å². The van der Waals surface area contributed by atoms with E-state index in [0.717, 1.165) is 5.56 Å². The Kier molecular flexibility index (Phi) is 4.30. The standard InChI is InChI=1S/C13H10N2O6/c16-14(17)20-12-6-7-13(21-15(18)19)11(9-12)8-10-4-2-1-3-5-10/h1-7,9H,8H2. The van der Waals surface area contributed by atoms with Gasteiger partial charge in [0.25, 0.3) is 10.2 Å². The molecule has 0 aliphatic carbocycles. The highest BCUT2D eigenvalue weighted by Crippen LogP contribution is 2.27. The van der Waals surface area contributed by atoms with Crippen LogP contribution in [0.25, 0.3) is 0 Å². The Morgan fingerprint density at radius 2 is 1.57 bits per heavy atom. The van der Waals surface area contributed by atoms with Crippen LogP contribution in [0.1, 0.15) is 11.1 Å². The first-order valence-corrected chi connectivity index (χ1v) is 5.86. The topological polar surface area (TPSA) is 105 Å². The summed E-state index contributed by atoms with van der Waals surface area (Å²) >= 11 is 0. The maximum atomic E-state index is 10.5. The van der Waals surface area contributed by atoms with Gasteiger partial charge in [0, 0.05) is 0 Å². The van der Waals surface area contributed by atoms with Crippen LogP contribution in [0.15, 0.2) is 48.5 Å². The average Bonchev–Trinajstić information content (AvgIpc) is 2.42. The predicted molar refractivity (Wildman–Crippen MR) is 70.9 cm³/mol. The lowest BCUT2D eigenvalue weighted by atomic mass is 10.0. The molecule has 2 rings (SSSR count). The molecule has 0 aromatic heterocycles. The molecular weight excluding hydrogens is 280 g/mol. The highest BCUT2D eigenvalue weighted by Gasteiger charge is 2.11. The molecule has 8 nitrogen and oxygen atoms in total. The SMILES string of the molecule is O=[N+]([O-])Oc1ccc(O[N+](=O)[O-])c(Cc2ccccc2)c1. The van der Waals surface area contributed by atoms with Gasteiger partial charge in [0.2, 0.25) is 0 Å². The highest BCUT2D eigenvalue weighted by atomic mass is 17.0. The Morgan fingerprint density at radius 1 is 0.905 bits per heavy atom. The molecule has 2 aromatic carbocycles. The Labute approximate surface area is 118 Å². The summed E-state index contributed by atoms with van der Waals surface area (Å²) in [5.74, 6) is -0.0128. The lowest BCUT2D eigenvalue weighted by Gasteiger charge is -2.09. The smallest absolute Gasteiger partial charge is 0.276 e. The molecule has 21 heavy (non-hydrogen) atoms. The maximum absolute atomic E-state index is 10.5. The molecule has 0 spiro atoms. The van der Waals surface area contributed by atoms with Crippen molar-refractivity contribution in [3.8, 4) is 11.5 Å². The Balaban J connectivity index is 2.33. The van der Waals surface area contributed by atoms with Gasteiger partial charge >= 0.3 is 0 Å². The van der Waals surface area contributed by atoms with Gasteiger partial charge in [0.15, 0.2) is 0 Å². The summed E-state index contributed by atoms with van der Waals surface area (Å²) in [7, 11) is 0. The maximum Gasteiger partial charge on any atom is 0.299 e. The molecule has 0 atom stereocenters. The van der Waals surface area contributed by atoms with Crippen molar-refractivity contribution in [2.75, 3.05) is 0 Å². The van der Waals surface area contributed by atoms with Crippen molar-refractivity contribution in [3.63, 3.8) is 0 Å². The third kappa shape index (κ3) is 4.16. The molecule has 0 heterocycles. The molecule has 0 radical (unpaired) electrons. The third-order valence-corrected chi connectivity index (χ3v) is 2.62. The van der Waals surface area contributed by atoms with E-state index in [1.165, 1.54) is 18.2 Å². The summed E-state index contributed by atoms with van der Waals surface area (Å²) in [4.78, 5) is 29.6. The number of benzene rings is 2. The minimum absolute atomic E-state index is 0.0135. The van der Waals surface area contributed by atoms with Gasteiger partial charge in [-0.3, -0.25) is 9.68 Å². The van der Waals surface area contributed by atoms with Gasteiger partial charge in [0.05, 0.1) is 0 Å². The molecule has 0 saturated carbocycles. The molecule has 0 aliphatic rings. The minimum atomic E-state index is -0.949. The van der Waals surface area contributed by atoms with Crippen molar-refractivity contribution < 1.29 is 19.8 Å². The fourth-order valence-electron chi connectivity index (χ4n) is 1.82. The van der Waals surface area contributed by atoms with Gasteiger partial charge in [-0.05, 0) is 35.7 Å². The fraction of sp³-hybridized carbons (Fsp3) is 0.0769. The van der Waals surface area contributed by atoms with Crippen molar-refractivity contribution in [1.82, 2.24) is 0 Å². The number of hydrogen-bond acceptors (Lipinski definition) is 6. The Hall–Kier alpha value is -3.16. The van der Waals surface area contributed by atoms with Crippen molar-refractivity contribution in [1.29, 1.82) is 0 Å². The summed E-state index contributed by atoms with van der Waals surface area (Å²) in [6.45, 7) is 0. The number of hydrogen-bond donors (Lipinski definition) is 0. The van der Waals surface area contributed by atoms with E-state index in [-0.39, 0.29) is 11.5 Å². The Morgan fingerprint density at radius 3 is 2.19 bits per heavy atom. The molecule has 0 N–H and O–H groups in total. The second-order valence-corrected chi connectivity index (χ2v) is 4.06. The van der Waals surface area contributed by atoms with Crippen LogP contribution in [-0.4, -0.2) is 10.2 Å². The molecule has 108 valence electrons. The molecule has 0 fully saturated rings. The summed E-state index contributed by atoms with van der Waals surface area (Å²) in [6, 6.07) is 13.0. The third-order valence-electron chi connectivity index (χ3n) is 2.62. The normalized spacial score (nSPS) is 9.90. The van der Waals surface area contributed by atoms with Gasteiger partial charge in [-0.2, -0.15) is 0 Å². The van der Waals surface area contributed by atoms with Crippen molar-refractivity contribution in [2.24, 2.45) is 0 Å². The molecule has 8 heteroatoms. The zero-order valence-corrected chi connectivity index (χ0v) is 10.7. The van der Waals surface area contributed by atoms with Gasteiger partial charge in [-0.15, -0.1) is 20.2 Å². The predicted octanol–water partition coefficient (Wildman–Crippen LogP) is 2.42. The van der Waals surface area contributed by atoms with Crippen LogP contribution >= 0.6 is 0 Å². The zero-order valence-electron chi connectivity index (χ0n) is 10.7.